The Morgan fingerprint density at radius 3 is 2.35 bits per heavy atom. The lowest BCUT2D eigenvalue weighted by atomic mass is 10.1. The molecule has 1 aliphatic rings. The number of piperidine rings is 1. The maximum atomic E-state index is 13.1. The third kappa shape index (κ3) is 3.55. The third-order valence-electron chi connectivity index (χ3n) is 4.07. The van der Waals surface area contributed by atoms with Crippen LogP contribution in [-0.2, 0) is 4.79 Å². The number of ketones is 1. The SMILES string of the molecule is CC(C)c1cc(N2CCC(=O)CC2)nc(-c2ccc(F)cc2)n1. The fraction of sp³-hybridized carbons (Fsp3) is 0.389. The van der Waals surface area contributed by atoms with Crippen molar-refractivity contribution in [3.63, 3.8) is 0 Å². The van der Waals surface area contributed by atoms with Crippen molar-refractivity contribution in [2.45, 2.75) is 32.6 Å². The Bertz CT molecular complexity index is 703. The van der Waals surface area contributed by atoms with Gasteiger partial charge in [0.1, 0.15) is 17.4 Å². The molecule has 3 rings (SSSR count). The quantitative estimate of drug-likeness (QED) is 0.869. The Morgan fingerprint density at radius 2 is 1.74 bits per heavy atom. The molecule has 5 heteroatoms. The number of anilines is 1. The number of hydrogen-bond donors (Lipinski definition) is 0. The Hall–Kier alpha value is -2.30. The molecule has 1 aliphatic heterocycles. The summed E-state index contributed by atoms with van der Waals surface area (Å²) in [6.45, 7) is 5.55. The molecule has 0 radical (unpaired) electrons. The van der Waals surface area contributed by atoms with E-state index in [2.05, 4.69) is 28.7 Å². The first-order chi connectivity index (χ1) is 11.0. The molecule has 1 aromatic heterocycles. The molecule has 2 heterocycles. The standard InChI is InChI=1S/C18H20FN3O/c1-12(2)16-11-17(22-9-7-15(23)8-10-22)21-18(20-16)13-3-5-14(19)6-4-13/h3-6,11-12H,7-10H2,1-2H3. The summed E-state index contributed by atoms with van der Waals surface area (Å²) in [5.41, 5.74) is 1.74. The average Bonchev–Trinajstić information content (AvgIpc) is 2.55. The molecule has 0 N–H and O–H groups in total. The zero-order chi connectivity index (χ0) is 16.4. The highest BCUT2D eigenvalue weighted by molar-refractivity contribution is 5.80. The summed E-state index contributed by atoms with van der Waals surface area (Å²) in [5.74, 6) is 1.74. The molecule has 1 fully saturated rings. The first-order valence-electron chi connectivity index (χ1n) is 7.94. The Morgan fingerprint density at radius 1 is 1.09 bits per heavy atom. The summed E-state index contributed by atoms with van der Waals surface area (Å²) in [6.07, 6.45) is 1.12. The summed E-state index contributed by atoms with van der Waals surface area (Å²) < 4.78 is 13.1. The van der Waals surface area contributed by atoms with Crippen molar-refractivity contribution < 1.29 is 9.18 Å². The van der Waals surface area contributed by atoms with Crippen molar-refractivity contribution in [3.05, 3.63) is 41.8 Å². The topological polar surface area (TPSA) is 46.1 Å². The predicted octanol–water partition coefficient (Wildman–Crippen LogP) is 3.58. The van der Waals surface area contributed by atoms with Crippen LogP contribution in [0.3, 0.4) is 0 Å². The zero-order valence-corrected chi connectivity index (χ0v) is 13.4. The smallest absolute Gasteiger partial charge is 0.161 e. The fourth-order valence-corrected chi connectivity index (χ4v) is 2.62. The summed E-state index contributed by atoms with van der Waals surface area (Å²) in [6, 6.07) is 8.21. The van der Waals surface area contributed by atoms with Crippen LogP contribution in [0, 0.1) is 5.82 Å². The van der Waals surface area contributed by atoms with E-state index in [1.807, 2.05) is 6.07 Å². The van der Waals surface area contributed by atoms with E-state index >= 15 is 0 Å². The van der Waals surface area contributed by atoms with Crippen LogP contribution in [0.15, 0.2) is 30.3 Å². The van der Waals surface area contributed by atoms with Gasteiger partial charge >= 0.3 is 0 Å². The van der Waals surface area contributed by atoms with Gasteiger partial charge in [0, 0.05) is 43.3 Å². The molecular formula is C18H20FN3O. The largest absolute Gasteiger partial charge is 0.356 e. The van der Waals surface area contributed by atoms with Crippen LogP contribution in [0.4, 0.5) is 10.2 Å². The molecular weight excluding hydrogens is 293 g/mol. The van der Waals surface area contributed by atoms with Gasteiger partial charge in [-0.3, -0.25) is 4.79 Å². The highest BCUT2D eigenvalue weighted by Crippen LogP contribution is 2.25. The monoisotopic (exact) mass is 313 g/mol. The van der Waals surface area contributed by atoms with Gasteiger partial charge in [-0.2, -0.15) is 0 Å². The number of hydrogen-bond acceptors (Lipinski definition) is 4. The summed E-state index contributed by atoms with van der Waals surface area (Å²) in [7, 11) is 0. The van der Waals surface area contributed by atoms with Gasteiger partial charge in [-0.1, -0.05) is 13.8 Å². The Kier molecular flexibility index (Phi) is 4.37. The van der Waals surface area contributed by atoms with E-state index in [0.29, 0.717) is 37.5 Å². The second kappa shape index (κ2) is 6.44. The van der Waals surface area contributed by atoms with Gasteiger partial charge in [0.25, 0.3) is 0 Å². The van der Waals surface area contributed by atoms with Gasteiger partial charge in [-0.25, -0.2) is 14.4 Å². The van der Waals surface area contributed by atoms with Crippen LogP contribution in [0.1, 0.15) is 38.3 Å². The number of carbonyl (C=O) groups excluding carboxylic acids is 1. The molecule has 0 bridgehead atoms. The van der Waals surface area contributed by atoms with Crippen LogP contribution in [0.2, 0.25) is 0 Å². The van der Waals surface area contributed by atoms with E-state index in [4.69, 9.17) is 0 Å². The minimum absolute atomic E-state index is 0.266. The lowest BCUT2D eigenvalue weighted by Gasteiger charge is -2.28. The van der Waals surface area contributed by atoms with Gasteiger partial charge in [0.15, 0.2) is 5.82 Å². The predicted molar refractivity (Wildman–Crippen MR) is 88.0 cm³/mol. The highest BCUT2D eigenvalue weighted by atomic mass is 19.1. The first-order valence-corrected chi connectivity index (χ1v) is 7.94. The molecule has 120 valence electrons. The van der Waals surface area contributed by atoms with E-state index in [0.717, 1.165) is 17.1 Å². The molecule has 2 aromatic rings. The van der Waals surface area contributed by atoms with E-state index in [1.165, 1.54) is 12.1 Å². The van der Waals surface area contributed by atoms with Crippen molar-refractivity contribution in [2.24, 2.45) is 0 Å². The summed E-state index contributed by atoms with van der Waals surface area (Å²) in [5, 5.41) is 0. The molecule has 0 atom stereocenters. The van der Waals surface area contributed by atoms with Crippen molar-refractivity contribution in [1.29, 1.82) is 0 Å². The lowest BCUT2D eigenvalue weighted by Crippen LogP contribution is -2.34. The van der Waals surface area contributed by atoms with Gasteiger partial charge < -0.3 is 4.90 Å². The number of carbonyl (C=O) groups is 1. The van der Waals surface area contributed by atoms with Gasteiger partial charge in [0.2, 0.25) is 0 Å². The third-order valence-corrected chi connectivity index (χ3v) is 4.07. The molecule has 4 nitrogen and oxygen atoms in total. The van der Waals surface area contributed by atoms with Gasteiger partial charge in [0.05, 0.1) is 0 Å². The second-order valence-corrected chi connectivity index (χ2v) is 6.16. The van der Waals surface area contributed by atoms with E-state index in [9.17, 15) is 9.18 Å². The second-order valence-electron chi connectivity index (χ2n) is 6.16. The van der Waals surface area contributed by atoms with Crippen molar-refractivity contribution in [1.82, 2.24) is 9.97 Å². The average molecular weight is 313 g/mol. The summed E-state index contributed by atoms with van der Waals surface area (Å²) >= 11 is 0. The number of aromatic nitrogens is 2. The first kappa shape index (κ1) is 15.6. The van der Waals surface area contributed by atoms with Crippen LogP contribution in [0.5, 0.6) is 0 Å². The van der Waals surface area contributed by atoms with E-state index in [1.54, 1.807) is 12.1 Å². The number of halogens is 1. The number of Topliss-reactive ketones (excluding diaryl/α,β-unsaturated/α-hetero) is 1. The molecule has 0 saturated carbocycles. The maximum Gasteiger partial charge on any atom is 0.161 e. The lowest BCUT2D eigenvalue weighted by molar-refractivity contribution is -0.119. The van der Waals surface area contributed by atoms with Crippen LogP contribution in [0.25, 0.3) is 11.4 Å². The normalized spacial score (nSPS) is 15.3. The molecule has 0 amide bonds. The van der Waals surface area contributed by atoms with Crippen molar-refractivity contribution in [3.8, 4) is 11.4 Å². The van der Waals surface area contributed by atoms with Crippen LogP contribution >= 0.6 is 0 Å². The van der Waals surface area contributed by atoms with Crippen LogP contribution < -0.4 is 4.90 Å². The van der Waals surface area contributed by atoms with Crippen molar-refractivity contribution >= 4 is 11.6 Å². The number of rotatable bonds is 3. The molecule has 1 saturated heterocycles. The van der Waals surface area contributed by atoms with E-state index in [-0.39, 0.29) is 11.7 Å². The minimum Gasteiger partial charge on any atom is -0.356 e. The van der Waals surface area contributed by atoms with E-state index < -0.39 is 0 Å². The molecule has 0 aliphatic carbocycles. The molecule has 1 aromatic carbocycles. The Labute approximate surface area is 135 Å². The number of benzene rings is 1. The maximum absolute atomic E-state index is 13.1. The molecule has 23 heavy (non-hydrogen) atoms. The van der Waals surface area contributed by atoms with Gasteiger partial charge in [-0.05, 0) is 30.2 Å². The van der Waals surface area contributed by atoms with Gasteiger partial charge in [-0.15, -0.1) is 0 Å². The minimum atomic E-state index is -0.275. The fourth-order valence-electron chi connectivity index (χ4n) is 2.62. The van der Waals surface area contributed by atoms with Crippen LogP contribution in [-0.4, -0.2) is 28.8 Å². The number of nitrogens with zero attached hydrogens (tertiary/aromatic N) is 3. The zero-order valence-electron chi connectivity index (χ0n) is 13.4. The molecule has 0 spiro atoms. The Balaban J connectivity index is 1.99. The molecule has 0 unspecified atom stereocenters. The van der Waals surface area contributed by atoms with Crippen molar-refractivity contribution in [2.75, 3.05) is 18.0 Å². The highest BCUT2D eigenvalue weighted by Gasteiger charge is 2.19. The summed E-state index contributed by atoms with van der Waals surface area (Å²) in [4.78, 5) is 22.8.